The summed E-state index contributed by atoms with van der Waals surface area (Å²) >= 11 is 1.28. The van der Waals surface area contributed by atoms with Gasteiger partial charge in [-0.05, 0) is 13.8 Å². The molecule has 4 rings (SSSR count). The van der Waals surface area contributed by atoms with Crippen LogP contribution in [0.5, 0.6) is 0 Å². The number of carbonyl (C=O) groups is 4. The molecule has 0 spiro atoms. The third kappa shape index (κ3) is 5.17. The number of aliphatic carboxylic acids is 2. The second kappa shape index (κ2) is 10.4. The van der Waals surface area contributed by atoms with Crippen LogP contribution in [-0.2, 0) is 41.4 Å². The van der Waals surface area contributed by atoms with Crippen LogP contribution >= 0.6 is 11.8 Å². The molecule has 0 saturated carbocycles. The maximum Gasteiger partial charge on any atom is 0.352 e. The lowest BCUT2D eigenvalue weighted by Crippen LogP contribution is -2.71. The second-order valence-corrected chi connectivity index (χ2v) is 11.1. The summed E-state index contributed by atoms with van der Waals surface area (Å²) in [6, 6.07) is 4.31. The number of carbonyl (C=O) groups excluding carboxylic acids is 2. The van der Waals surface area contributed by atoms with Crippen LogP contribution in [-0.4, -0.2) is 76.7 Å². The number of oxime groups is 1. The molecular formula is C22H23N6O8S2+. The molecule has 14 nitrogen and oxygen atoms in total. The van der Waals surface area contributed by atoms with Gasteiger partial charge in [-0.15, -0.1) is 11.8 Å². The number of carboxylic acids is 2. The molecule has 0 aliphatic carbocycles. The Morgan fingerprint density at radius 2 is 2.00 bits per heavy atom. The van der Waals surface area contributed by atoms with E-state index in [-0.39, 0.29) is 23.1 Å². The fourth-order valence-electron chi connectivity index (χ4n) is 3.64. The van der Waals surface area contributed by atoms with Gasteiger partial charge in [0.25, 0.3) is 11.8 Å². The number of aromatic nitrogens is 1. The topological polar surface area (TPSA) is 205 Å². The van der Waals surface area contributed by atoms with Crippen molar-refractivity contribution in [3.05, 3.63) is 53.0 Å². The van der Waals surface area contributed by atoms with E-state index >= 15 is 0 Å². The van der Waals surface area contributed by atoms with Gasteiger partial charge in [-0.1, -0.05) is 11.2 Å². The number of amidine groups is 1. The average molecular weight is 564 g/mol. The van der Waals surface area contributed by atoms with Gasteiger partial charge in [-0.3, -0.25) is 14.5 Å². The summed E-state index contributed by atoms with van der Waals surface area (Å²) in [4.78, 5) is 59.6. The summed E-state index contributed by atoms with van der Waals surface area (Å²) in [7, 11) is -1.83. The number of hydrogen-bond acceptors (Lipinski definition) is 10. The summed E-state index contributed by atoms with van der Waals surface area (Å²) in [5.74, 6) is -3.96. The average Bonchev–Trinajstić information content (AvgIpc) is 3.20. The molecule has 3 aliphatic rings. The monoisotopic (exact) mass is 563 g/mol. The van der Waals surface area contributed by atoms with E-state index < -0.39 is 57.3 Å². The maximum atomic E-state index is 13.1. The quantitative estimate of drug-likeness (QED) is 0.123. The highest BCUT2D eigenvalue weighted by molar-refractivity contribution is 8.03. The van der Waals surface area contributed by atoms with Crippen molar-refractivity contribution < 1.29 is 43.0 Å². The Labute approximate surface area is 222 Å². The maximum absolute atomic E-state index is 13.1. The first-order chi connectivity index (χ1) is 17.9. The molecule has 3 atom stereocenters. The van der Waals surface area contributed by atoms with Crippen molar-refractivity contribution in [3.8, 4) is 0 Å². The molecule has 0 radical (unpaired) electrons. The van der Waals surface area contributed by atoms with E-state index in [2.05, 4.69) is 15.5 Å². The van der Waals surface area contributed by atoms with Crippen molar-refractivity contribution in [1.82, 2.24) is 10.2 Å². The molecule has 3 aliphatic heterocycles. The summed E-state index contributed by atoms with van der Waals surface area (Å²) < 4.78 is 13.7. The van der Waals surface area contributed by atoms with E-state index in [0.717, 1.165) is 10.3 Å². The van der Waals surface area contributed by atoms with Gasteiger partial charge in [0.15, 0.2) is 29.8 Å². The zero-order chi connectivity index (χ0) is 27.8. The predicted octanol–water partition coefficient (Wildman–Crippen LogP) is -1.13. The number of amides is 2. The Bertz CT molecular complexity index is 1370. The van der Waals surface area contributed by atoms with Gasteiger partial charge in [0.05, 0.1) is 0 Å². The Morgan fingerprint density at radius 3 is 2.58 bits per heavy atom. The van der Waals surface area contributed by atoms with E-state index in [0.29, 0.717) is 11.3 Å². The van der Waals surface area contributed by atoms with Gasteiger partial charge in [-0.2, -0.15) is 0 Å². The predicted molar refractivity (Wildman–Crippen MR) is 134 cm³/mol. The highest BCUT2D eigenvalue weighted by Gasteiger charge is 2.55. The largest absolute Gasteiger partial charge is 0.478 e. The smallest absolute Gasteiger partial charge is 0.352 e. The summed E-state index contributed by atoms with van der Waals surface area (Å²) in [5.41, 5.74) is 3.33. The minimum absolute atomic E-state index is 0.146. The van der Waals surface area contributed by atoms with E-state index in [1.165, 1.54) is 25.6 Å². The SMILES string of the molecule is CC(C)(O/N=C(\C(=O)N[C@@H]1C(=O)N2C(C(=O)O)=C(C[n+]3ccccc3)CS[C@H]12)C1=CS(=O)C(N)=N1)C(=O)O. The lowest BCUT2D eigenvalue weighted by Gasteiger charge is -2.49. The van der Waals surface area contributed by atoms with Crippen molar-refractivity contribution in [1.29, 1.82) is 0 Å². The molecule has 5 N–H and O–H groups in total. The summed E-state index contributed by atoms with van der Waals surface area (Å²) in [5, 5.41) is 25.3. The lowest BCUT2D eigenvalue weighted by atomic mass is 10.0. The third-order valence-electron chi connectivity index (χ3n) is 5.68. The molecule has 0 bridgehead atoms. The number of fused-ring (bicyclic) bond motifs is 1. The van der Waals surface area contributed by atoms with E-state index in [1.54, 1.807) is 29.1 Å². The van der Waals surface area contributed by atoms with Gasteiger partial charge in [0, 0.05) is 28.9 Å². The molecule has 38 heavy (non-hydrogen) atoms. The molecular weight excluding hydrogens is 540 g/mol. The fourth-order valence-corrected chi connectivity index (χ4v) is 5.65. The third-order valence-corrected chi connectivity index (χ3v) is 7.96. The first-order valence-corrected chi connectivity index (χ1v) is 13.3. The number of thioether (sulfide) groups is 1. The number of nitrogens with one attached hydrogen (secondary N) is 1. The molecule has 1 aromatic rings. The first kappa shape index (κ1) is 27.0. The van der Waals surface area contributed by atoms with Crippen LogP contribution in [0.15, 0.2) is 63.1 Å². The molecule has 16 heteroatoms. The molecule has 200 valence electrons. The van der Waals surface area contributed by atoms with Gasteiger partial charge < -0.3 is 26.1 Å². The van der Waals surface area contributed by atoms with Crippen LogP contribution in [0.25, 0.3) is 0 Å². The number of pyridine rings is 1. The molecule has 2 amide bonds. The zero-order valence-corrected chi connectivity index (χ0v) is 21.7. The van der Waals surface area contributed by atoms with Crippen LogP contribution < -0.4 is 15.6 Å². The molecule has 1 saturated heterocycles. The van der Waals surface area contributed by atoms with Crippen LogP contribution in [0.4, 0.5) is 0 Å². The standard InChI is InChI=1S/C22H22N6O8S2/c1-22(2,20(33)34)36-26-13(12-10-38(35)21(23)24-12)16(29)25-14-17(30)28-15(19(31)32)11(9-37-18(14)28)8-27-6-4-3-5-7-27/h3-7,10,14,18H,8-9H2,1-2H3,(H4-,23,24,25,29,31,32,33,34)/p+1/b26-13-/t14-,18-,38?/m1/s1. The molecule has 1 aromatic heterocycles. The Hall–Kier alpha value is -4.05. The first-order valence-electron chi connectivity index (χ1n) is 11.0. The zero-order valence-electron chi connectivity index (χ0n) is 20.1. The molecule has 4 heterocycles. The number of hydrogen-bond donors (Lipinski definition) is 4. The fraction of sp³-hybridized carbons (Fsp3) is 0.318. The van der Waals surface area contributed by atoms with Gasteiger partial charge >= 0.3 is 11.9 Å². The minimum Gasteiger partial charge on any atom is -0.478 e. The van der Waals surface area contributed by atoms with Gasteiger partial charge in [0.1, 0.15) is 33.6 Å². The van der Waals surface area contributed by atoms with Crippen LogP contribution in [0, 0.1) is 0 Å². The Balaban J connectivity index is 1.56. The van der Waals surface area contributed by atoms with Gasteiger partial charge in [-0.25, -0.2) is 23.4 Å². The van der Waals surface area contributed by atoms with Gasteiger partial charge in [0.2, 0.25) is 5.60 Å². The molecule has 0 aromatic carbocycles. The molecule has 1 fully saturated rings. The second-order valence-electron chi connectivity index (χ2n) is 8.76. The molecule has 1 unspecified atom stereocenters. The number of nitrogens with two attached hydrogens (primary N) is 1. The lowest BCUT2D eigenvalue weighted by molar-refractivity contribution is -0.689. The number of aliphatic imine (C=N–C) groups is 1. The Morgan fingerprint density at radius 1 is 1.32 bits per heavy atom. The highest BCUT2D eigenvalue weighted by atomic mass is 32.2. The van der Waals surface area contributed by atoms with E-state index in [1.807, 2.05) is 6.07 Å². The Kier molecular flexibility index (Phi) is 7.37. The van der Waals surface area contributed by atoms with Crippen LogP contribution in [0.1, 0.15) is 13.8 Å². The van der Waals surface area contributed by atoms with E-state index in [4.69, 9.17) is 10.6 Å². The van der Waals surface area contributed by atoms with Crippen molar-refractivity contribution in [3.63, 3.8) is 0 Å². The number of rotatable bonds is 9. The number of nitrogens with zero attached hydrogens (tertiary/aromatic N) is 4. The van der Waals surface area contributed by atoms with Crippen molar-refractivity contribution >= 4 is 57.2 Å². The van der Waals surface area contributed by atoms with Crippen molar-refractivity contribution in [2.75, 3.05) is 5.75 Å². The van der Waals surface area contributed by atoms with Crippen LogP contribution in [0.2, 0.25) is 0 Å². The van der Waals surface area contributed by atoms with Crippen molar-refractivity contribution in [2.45, 2.75) is 37.4 Å². The van der Waals surface area contributed by atoms with Crippen molar-refractivity contribution in [2.24, 2.45) is 15.9 Å². The summed E-state index contributed by atoms with van der Waals surface area (Å²) in [6.45, 7) is 2.66. The normalized spacial score (nSPS) is 23.2. The van der Waals surface area contributed by atoms with Crippen LogP contribution in [0.3, 0.4) is 0 Å². The van der Waals surface area contributed by atoms with E-state index in [9.17, 15) is 33.6 Å². The summed E-state index contributed by atoms with van der Waals surface area (Å²) in [6.07, 6.45) is 3.55. The number of carboxylic acid groups (broad SMARTS) is 2. The minimum atomic E-state index is -1.83. The highest BCUT2D eigenvalue weighted by Crippen LogP contribution is 2.40. The number of β-lactam (4-membered cyclic amide) rings is 1.